The van der Waals surface area contributed by atoms with Crippen molar-refractivity contribution >= 4 is 33.3 Å². The first-order valence-corrected chi connectivity index (χ1v) is 10.3. The first kappa shape index (κ1) is 15.8. The van der Waals surface area contributed by atoms with Gasteiger partial charge in [-0.05, 0) is 67.2 Å². The van der Waals surface area contributed by atoms with E-state index in [0.29, 0.717) is 40.6 Å². The number of nitrogens with zero attached hydrogens (tertiary/aromatic N) is 2. The summed E-state index contributed by atoms with van der Waals surface area (Å²) in [7, 11) is 0. The molecule has 2 fully saturated rings. The van der Waals surface area contributed by atoms with Gasteiger partial charge in [-0.1, -0.05) is 0 Å². The molecule has 7 heteroatoms. The maximum absolute atomic E-state index is 15.2. The monoisotopic (exact) mass is 388 g/mol. The molecule has 3 heterocycles. The van der Waals surface area contributed by atoms with E-state index in [2.05, 4.69) is 37.8 Å². The molecule has 2 aliphatic carbocycles. The zero-order chi connectivity index (χ0) is 19.3. The number of anilines is 2. The molecule has 2 aromatic carbocycles. The highest BCUT2D eigenvalue weighted by molar-refractivity contribution is 5.90. The van der Waals surface area contributed by atoms with Gasteiger partial charge in [0, 0.05) is 27.6 Å². The van der Waals surface area contributed by atoms with Gasteiger partial charge in [-0.25, -0.2) is 4.39 Å². The molecule has 0 amide bonds. The summed E-state index contributed by atoms with van der Waals surface area (Å²) in [6.07, 6.45) is 5.61. The topological polar surface area (TPSA) is 95.4 Å². The molecule has 1 aliphatic heterocycles. The molecule has 4 aromatic rings. The molecule has 29 heavy (non-hydrogen) atoms. The van der Waals surface area contributed by atoms with E-state index in [4.69, 9.17) is 5.73 Å². The van der Waals surface area contributed by atoms with Gasteiger partial charge in [0.2, 0.25) is 0 Å². The van der Waals surface area contributed by atoms with Gasteiger partial charge in [0.1, 0.15) is 5.82 Å². The third-order valence-electron chi connectivity index (χ3n) is 7.71. The fraction of sp³-hybridized carbons (Fsp3) is 0.364. The van der Waals surface area contributed by atoms with Crippen molar-refractivity contribution in [3.63, 3.8) is 0 Å². The predicted octanol–water partition coefficient (Wildman–Crippen LogP) is 4.46. The second-order valence-corrected chi connectivity index (χ2v) is 8.95. The molecular weight excluding hydrogens is 367 g/mol. The van der Waals surface area contributed by atoms with Crippen molar-refractivity contribution in [1.29, 1.82) is 0 Å². The van der Waals surface area contributed by atoms with Crippen molar-refractivity contribution in [2.75, 3.05) is 11.1 Å². The van der Waals surface area contributed by atoms with Gasteiger partial charge >= 0.3 is 0 Å². The van der Waals surface area contributed by atoms with Crippen LogP contribution in [0.4, 0.5) is 15.9 Å². The van der Waals surface area contributed by atoms with Crippen molar-refractivity contribution in [2.24, 2.45) is 17.8 Å². The molecule has 6 nitrogen and oxygen atoms in total. The van der Waals surface area contributed by atoms with Crippen LogP contribution in [0.5, 0.6) is 0 Å². The van der Waals surface area contributed by atoms with Crippen molar-refractivity contribution in [2.45, 2.75) is 31.2 Å². The van der Waals surface area contributed by atoms with Crippen LogP contribution in [0.25, 0.3) is 21.8 Å². The van der Waals surface area contributed by atoms with Gasteiger partial charge < -0.3 is 11.1 Å². The van der Waals surface area contributed by atoms with E-state index in [1.807, 2.05) is 12.3 Å². The van der Waals surface area contributed by atoms with Crippen LogP contribution in [0, 0.1) is 23.6 Å². The second kappa shape index (κ2) is 5.28. The number of H-pyrrole nitrogens is 2. The minimum absolute atomic E-state index is 0.0677. The fourth-order valence-electron chi connectivity index (χ4n) is 6.61. The van der Waals surface area contributed by atoms with Gasteiger partial charge in [0.15, 0.2) is 5.82 Å². The molecule has 0 spiro atoms. The van der Waals surface area contributed by atoms with Gasteiger partial charge in [0.25, 0.3) is 0 Å². The van der Waals surface area contributed by atoms with Gasteiger partial charge in [-0.2, -0.15) is 10.2 Å². The number of rotatable bonds is 1. The Balaban J connectivity index is 1.46. The smallest absolute Gasteiger partial charge is 0.153 e. The Bertz CT molecular complexity index is 1290. The van der Waals surface area contributed by atoms with E-state index in [-0.39, 0.29) is 11.9 Å². The molecule has 146 valence electrons. The normalized spacial score (nSPS) is 29.9. The molecule has 2 saturated carbocycles. The van der Waals surface area contributed by atoms with Gasteiger partial charge in [0.05, 0.1) is 23.3 Å². The molecule has 5 atom stereocenters. The van der Waals surface area contributed by atoms with E-state index >= 15 is 4.39 Å². The average Bonchev–Trinajstić information content (AvgIpc) is 3.51. The lowest BCUT2D eigenvalue weighted by Gasteiger charge is -2.43. The van der Waals surface area contributed by atoms with E-state index < -0.39 is 0 Å². The maximum Gasteiger partial charge on any atom is 0.153 e. The Hall–Kier alpha value is -3.09. The van der Waals surface area contributed by atoms with Crippen LogP contribution in [0.3, 0.4) is 0 Å². The van der Waals surface area contributed by atoms with Crippen LogP contribution in [-0.2, 0) is 0 Å². The van der Waals surface area contributed by atoms with Gasteiger partial charge in [-0.15, -0.1) is 0 Å². The van der Waals surface area contributed by atoms with Crippen molar-refractivity contribution in [3.8, 4) is 0 Å². The largest absolute Gasteiger partial charge is 0.382 e. The van der Waals surface area contributed by atoms with Crippen molar-refractivity contribution in [3.05, 3.63) is 47.4 Å². The molecule has 2 unspecified atom stereocenters. The maximum atomic E-state index is 15.2. The number of halogens is 1. The SMILES string of the molecule is Nc1n[nH]c2cc(F)c([C@@H]3Nc4ccc5cn[nH]c5c4[C@H]4C5CCC(C5)[C@@H]34)cc12. The van der Waals surface area contributed by atoms with Crippen molar-refractivity contribution < 1.29 is 4.39 Å². The lowest BCUT2D eigenvalue weighted by atomic mass is 9.67. The number of aromatic amines is 2. The number of hydrogen-bond donors (Lipinski definition) is 4. The summed E-state index contributed by atoms with van der Waals surface area (Å²) in [5.41, 5.74) is 10.9. The van der Waals surface area contributed by atoms with Crippen molar-refractivity contribution in [1.82, 2.24) is 20.4 Å². The summed E-state index contributed by atoms with van der Waals surface area (Å²) < 4.78 is 15.2. The summed E-state index contributed by atoms with van der Waals surface area (Å²) in [4.78, 5) is 0. The van der Waals surface area contributed by atoms with E-state index in [9.17, 15) is 0 Å². The number of benzene rings is 2. The highest BCUT2D eigenvalue weighted by Crippen LogP contribution is 2.64. The quantitative estimate of drug-likeness (QED) is 0.387. The van der Waals surface area contributed by atoms with Crippen LogP contribution in [-0.4, -0.2) is 20.4 Å². The van der Waals surface area contributed by atoms with Crippen LogP contribution in [0.15, 0.2) is 30.5 Å². The first-order chi connectivity index (χ1) is 14.2. The number of nitrogens with two attached hydrogens (primary N) is 1. The summed E-state index contributed by atoms with van der Waals surface area (Å²) in [5.74, 6) is 2.29. The summed E-state index contributed by atoms with van der Waals surface area (Å²) in [6.45, 7) is 0. The fourth-order valence-corrected chi connectivity index (χ4v) is 6.61. The first-order valence-electron chi connectivity index (χ1n) is 10.3. The van der Waals surface area contributed by atoms with E-state index in [1.165, 1.54) is 30.9 Å². The van der Waals surface area contributed by atoms with Crippen LogP contribution in [0.2, 0.25) is 0 Å². The number of nitrogen functional groups attached to an aromatic ring is 1. The summed E-state index contributed by atoms with van der Waals surface area (Å²) >= 11 is 0. The molecule has 5 N–H and O–H groups in total. The highest BCUT2D eigenvalue weighted by atomic mass is 19.1. The molecule has 7 rings (SSSR count). The standard InChI is InChI=1S/C22H21FN6/c23-14-7-16-13(22(24)29-27-16)6-12(14)21-18-10-2-1-9(5-10)17(18)19-15(26-21)4-3-11-8-25-28-20(11)19/h3-4,6-10,17-18,21,26H,1-2,5H2,(H,25,28)(H3,24,27,29)/t9?,10?,17-,18+,21-/m0/s1. The Labute approximate surface area is 166 Å². The molecular formula is C22H21FN6. The average molecular weight is 388 g/mol. The predicted molar refractivity (Wildman–Crippen MR) is 110 cm³/mol. The lowest BCUT2D eigenvalue weighted by Crippen LogP contribution is -2.36. The minimum atomic E-state index is -0.203. The van der Waals surface area contributed by atoms with Gasteiger partial charge in [-0.3, -0.25) is 10.2 Å². The zero-order valence-electron chi connectivity index (χ0n) is 15.7. The number of fused-ring (bicyclic) bond motifs is 10. The minimum Gasteiger partial charge on any atom is -0.382 e. The molecule has 2 bridgehead atoms. The zero-order valence-corrected chi connectivity index (χ0v) is 15.7. The summed E-state index contributed by atoms with van der Waals surface area (Å²) in [5, 5.41) is 20.0. The second-order valence-electron chi connectivity index (χ2n) is 8.95. The Kier molecular flexibility index (Phi) is 2.88. The van der Waals surface area contributed by atoms with Crippen LogP contribution in [0.1, 0.15) is 42.3 Å². The van der Waals surface area contributed by atoms with Crippen LogP contribution < -0.4 is 11.1 Å². The number of hydrogen-bond acceptors (Lipinski definition) is 4. The Morgan fingerprint density at radius 3 is 2.93 bits per heavy atom. The molecule has 0 saturated heterocycles. The number of nitrogens with one attached hydrogen (secondary N) is 3. The summed E-state index contributed by atoms with van der Waals surface area (Å²) in [6, 6.07) is 7.57. The third-order valence-corrected chi connectivity index (χ3v) is 7.71. The van der Waals surface area contributed by atoms with E-state index in [1.54, 1.807) is 0 Å². The number of aromatic nitrogens is 4. The Morgan fingerprint density at radius 2 is 2.00 bits per heavy atom. The molecule has 2 aromatic heterocycles. The highest BCUT2D eigenvalue weighted by Gasteiger charge is 2.54. The van der Waals surface area contributed by atoms with E-state index in [0.717, 1.165) is 22.0 Å². The third kappa shape index (κ3) is 1.95. The molecule has 0 radical (unpaired) electrons. The molecule has 3 aliphatic rings. The lowest BCUT2D eigenvalue weighted by molar-refractivity contribution is 0.246. The Morgan fingerprint density at radius 1 is 1.10 bits per heavy atom. The van der Waals surface area contributed by atoms with Crippen LogP contribution >= 0.6 is 0 Å².